The summed E-state index contributed by atoms with van der Waals surface area (Å²) in [5.74, 6) is -2.09. The van der Waals surface area contributed by atoms with Gasteiger partial charge in [-0.2, -0.15) is 0 Å². The molecule has 2 amide bonds. The second-order valence-electron chi connectivity index (χ2n) is 7.97. The molecular weight excluding hydrogens is 528 g/mol. The van der Waals surface area contributed by atoms with Gasteiger partial charge in [-0.15, -0.1) is 0 Å². The van der Waals surface area contributed by atoms with Gasteiger partial charge in [0.05, 0.1) is 17.2 Å². The van der Waals surface area contributed by atoms with Crippen LogP contribution in [0.25, 0.3) is 0 Å². The highest BCUT2D eigenvalue weighted by Crippen LogP contribution is 2.27. The van der Waals surface area contributed by atoms with Crippen molar-refractivity contribution in [2.24, 2.45) is 0 Å². The Labute approximate surface area is 220 Å². The minimum absolute atomic E-state index is 0.000982. The summed E-state index contributed by atoms with van der Waals surface area (Å²) in [7, 11) is 2.26. The van der Waals surface area contributed by atoms with Crippen LogP contribution in [0.3, 0.4) is 0 Å². The molecule has 0 bridgehead atoms. The van der Waals surface area contributed by atoms with E-state index in [9.17, 15) is 27.6 Å². The van der Waals surface area contributed by atoms with Gasteiger partial charge in [-0.3, -0.25) is 9.59 Å². The Morgan fingerprint density at radius 2 is 1.68 bits per heavy atom. The van der Waals surface area contributed by atoms with Crippen molar-refractivity contribution in [3.05, 3.63) is 45.7 Å². The summed E-state index contributed by atoms with van der Waals surface area (Å²) in [5.41, 5.74) is 1.17. The molecule has 0 fully saturated rings. The number of sulfonamides is 1. The van der Waals surface area contributed by atoms with Crippen LogP contribution in [0.5, 0.6) is 0 Å². The molecule has 12 nitrogen and oxygen atoms in total. The minimum atomic E-state index is -3.82. The molecule has 0 saturated carbocycles. The van der Waals surface area contributed by atoms with Gasteiger partial charge in [0.25, 0.3) is 5.91 Å². The first-order chi connectivity index (χ1) is 17.2. The fourth-order valence-corrected chi connectivity index (χ4v) is 4.23. The van der Waals surface area contributed by atoms with Crippen molar-refractivity contribution < 1.29 is 37.1 Å². The molecule has 0 atom stereocenters. The first-order valence-corrected chi connectivity index (χ1v) is 12.7. The van der Waals surface area contributed by atoms with Crippen LogP contribution in [0.2, 0.25) is 5.02 Å². The molecule has 0 aliphatic carbocycles. The Hall–Kier alpha value is -3.42. The number of nitrogens with one attached hydrogen (secondary N) is 2. The van der Waals surface area contributed by atoms with Gasteiger partial charge in [0.1, 0.15) is 10.6 Å². The van der Waals surface area contributed by atoms with E-state index in [1.807, 2.05) is 0 Å². The maximum Gasteiger partial charge on any atom is 0.355 e. The number of ether oxygens (including phenoxy) is 2. The van der Waals surface area contributed by atoms with Crippen LogP contribution in [0, 0.1) is 13.8 Å². The third-order valence-electron chi connectivity index (χ3n) is 4.64. The summed E-state index contributed by atoms with van der Waals surface area (Å²) in [6, 6.07) is 3.97. The van der Waals surface area contributed by atoms with Crippen LogP contribution in [-0.4, -0.2) is 88.3 Å². The van der Waals surface area contributed by atoms with E-state index in [-0.39, 0.29) is 33.5 Å². The molecule has 0 radical (unpaired) electrons. The molecule has 1 heterocycles. The predicted molar refractivity (Wildman–Crippen MR) is 137 cm³/mol. The largest absolute Gasteiger partial charge is 0.461 e. The monoisotopic (exact) mass is 558 g/mol. The van der Waals surface area contributed by atoms with Crippen molar-refractivity contribution in [3.8, 4) is 0 Å². The Bertz CT molecular complexity index is 1260. The maximum absolute atomic E-state index is 12.5. The number of aromatic nitrogens is 1. The Morgan fingerprint density at radius 1 is 1.08 bits per heavy atom. The number of esters is 2. The lowest BCUT2D eigenvalue weighted by molar-refractivity contribution is -0.119. The van der Waals surface area contributed by atoms with E-state index in [1.54, 1.807) is 34.9 Å². The summed E-state index contributed by atoms with van der Waals surface area (Å²) in [6.07, 6.45) is 0.750. The molecule has 0 aliphatic heterocycles. The summed E-state index contributed by atoms with van der Waals surface area (Å²) in [5, 5.41) is 2.46. The van der Waals surface area contributed by atoms with Crippen molar-refractivity contribution in [1.82, 2.24) is 14.2 Å². The van der Waals surface area contributed by atoms with Crippen LogP contribution in [0.15, 0.2) is 23.1 Å². The van der Waals surface area contributed by atoms with Crippen molar-refractivity contribution in [2.75, 3.05) is 46.7 Å². The molecule has 2 N–H and O–H groups in total. The minimum Gasteiger partial charge on any atom is -0.461 e. The summed E-state index contributed by atoms with van der Waals surface area (Å²) in [4.78, 5) is 50.2. The molecule has 1 aromatic carbocycles. The summed E-state index contributed by atoms with van der Waals surface area (Å²) < 4.78 is 35.7. The summed E-state index contributed by atoms with van der Waals surface area (Å²) >= 11 is 5.98. The number of aryl methyl sites for hydroxylation is 1. The second-order valence-corrected chi connectivity index (χ2v) is 10.5. The molecule has 0 spiro atoms. The number of benzene rings is 1. The van der Waals surface area contributed by atoms with Crippen LogP contribution in [0.4, 0.5) is 5.69 Å². The quantitative estimate of drug-likeness (QED) is 0.350. The molecule has 1 aromatic heterocycles. The van der Waals surface area contributed by atoms with Gasteiger partial charge in [-0.1, -0.05) is 11.6 Å². The summed E-state index contributed by atoms with van der Waals surface area (Å²) in [6.45, 7) is 4.37. The number of H-pyrrole nitrogens is 1. The van der Waals surface area contributed by atoms with Crippen LogP contribution < -0.4 is 5.32 Å². The van der Waals surface area contributed by atoms with Crippen LogP contribution >= 0.6 is 11.6 Å². The normalized spacial score (nSPS) is 10.7. The number of halogens is 1. The topological polar surface area (TPSA) is 155 Å². The fourth-order valence-electron chi connectivity index (χ4n) is 2.84. The molecule has 2 rings (SSSR count). The van der Waals surface area contributed by atoms with Gasteiger partial charge in [-0.25, -0.2) is 22.3 Å². The molecule has 0 unspecified atom stereocenters. The highest BCUT2D eigenvalue weighted by molar-refractivity contribution is 7.89. The Morgan fingerprint density at radius 3 is 2.19 bits per heavy atom. The number of nitrogens with zero attached hydrogens (tertiary/aromatic N) is 2. The zero-order valence-electron chi connectivity index (χ0n) is 21.7. The zero-order valence-corrected chi connectivity index (χ0v) is 23.2. The fraction of sp³-hybridized carbons (Fsp3) is 0.391. The van der Waals surface area contributed by atoms with E-state index in [2.05, 4.69) is 10.3 Å². The molecule has 2 aromatic rings. The SMILES string of the molecule is CCOC(=O)c1[nH]c(C)c(C(=O)OCC(=O)Nc2ccc(Cl)c(S(=O)(=O)N(C)C)c2)c1C.CN(C)C=O. The first-order valence-electron chi connectivity index (χ1n) is 10.8. The number of hydrogen-bond acceptors (Lipinski definition) is 8. The average Bonchev–Trinajstić information content (AvgIpc) is 3.12. The van der Waals surface area contributed by atoms with Gasteiger partial charge in [0, 0.05) is 39.6 Å². The van der Waals surface area contributed by atoms with Crippen molar-refractivity contribution in [2.45, 2.75) is 25.7 Å². The third kappa shape index (κ3) is 8.58. The average molecular weight is 559 g/mol. The van der Waals surface area contributed by atoms with Crippen molar-refractivity contribution >= 4 is 51.6 Å². The molecular formula is C23H31ClN4O8S. The van der Waals surface area contributed by atoms with Crippen molar-refractivity contribution in [3.63, 3.8) is 0 Å². The maximum atomic E-state index is 12.5. The number of anilines is 1. The van der Waals surface area contributed by atoms with Gasteiger partial charge in [-0.05, 0) is 44.5 Å². The molecule has 0 saturated heterocycles. The van der Waals surface area contributed by atoms with E-state index in [0.717, 1.165) is 10.7 Å². The predicted octanol–water partition coefficient (Wildman–Crippen LogP) is 2.21. The van der Waals surface area contributed by atoms with Crippen molar-refractivity contribution in [1.29, 1.82) is 0 Å². The number of hydrogen-bond donors (Lipinski definition) is 2. The third-order valence-corrected chi connectivity index (χ3v) is 6.94. The second kappa shape index (κ2) is 13.8. The van der Waals surface area contributed by atoms with Gasteiger partial charge < -0.3 is 24.7 Å². The Kier molecular flexibility index (Phi) is 11.8. The zero-order chi connectivity index (χ0) is 28.5. The number of rotatable bonds is 9. The lowest BCUT2D eigenvalue weighted by atomic mass is 10.1. The van der Waals surface area contributed by atoms with Gasteiger partial charge in [0.2, 0.25) is 16.4 Å². The number of aromatic amines is 1. The van der Waals surface area contributed by atoms with Gasteiger partial charge in [0.15, 0.2) is 6.61 Å². The molecule has 37 heavy (non-hydrogen) atoms. The molecule has 0 aliphatic rings. The van der Waals surface area contributed by atoms with E-state index < -0.39 is 34.5 Å². The number of carbonyl (C=O) groups excluding carboxylic acids is 4. The molecule has 204 valence electrons. The van der Waals surface area contributed by atoms with E-state index in [0.29, 0.717) is 11.3 Å². The van der Waals surface area contributed by atoms with E-state index in [1.165, 1.54) is 37.2 Å². The highest BCUT2D eigenvalue weighted by Gasteiger charge is 2.25. The van der Waals surface area contributed by atoms with Crippen LogP contribution in [0.1, 0.15) is 39.0 Å². The van der Waals surface area contributed by atoms with Crippen LogP contribution in [-0.2, 0) is 29.1 Å². The first kappa shape index (κ1) is 31.6. The standard InChI is InChI=1S/C20H24ClN3O7S.C3H7NO/c1-6-30-20(27)18-11(2)17(12(3)22-18)19(26)31-10-16(25)23-13-7-8-14(21)15(9-13)32(28,29)24(4)5;1-4(2)3-5/h7-9,22H,6,10H2,1-5H3,(H,23,25);3H,1-2H3. The number of carbonyl (C=O) groups is 4. The molecule has 14 heteroatoms. The van der Waals surface area contributed by atoms with E-state index in [4.69, 9.17) is 21.1 Å². The number of amides is 2. The Balaban J connectivity index is 0.00000124. The highest BCUT2D eigenvalue weighted by atomic mass is 35.5. The smallest absolute Gasteiger partial charge is 0.355 e. The lowest BCUT2D eigenvalue weighted by Crippen LogP contribution is -2.24. The lowest BCUT2D eigenvalue weighted by Gasteiger charge is -2.14. The van der Waals surface area contributed by atoms with E-state index >= 15 is 0 Å². The van der Waals surface area contributed by atoms with Gasteiger partial charge >= 0.3 is 11.9 Å².